The molecule has 0 atom stereocenters. The maximum atomic E-state index is 12.8. The number of benzene rings is 1. The summed E-state index contributed by atoms with van der Waals surface area (Å²) >= 11 is 0. The molecular formula is C22H32N4O3. The lowest BCUT2D eigenvalue weighted by Gasteiger charge is -2.33. The zero-order valence-corrected chi connectivity index (χ0v) is 17.7. The highest BCUT2D eigenvalue weighted by atomic mass is 16.2. The number of imide groups is 1. The van der Waals surface area contributed by atoms with E-state index >= 15 is 0 Å². The van der Waals surface area contributed by atoms with Gasteiger partial charge in [-0.3, -0.25) is 14.5 Å². The summed E-state index contributed by atoms with van der Waals surface area (Å²) in [6, 6.07) is 7.79. The third kappa shape index (κ3) is 4.71. The first kappa shape index (κ1) is 21.1. The lowest BCUT2D eigenvalue weighted by Crippen LogP contribution is -2.50. The average molecular weight is 401 g/mol. The summed E-state index contributed by atoms with van der Waals surface area (Å²) < 4.78 is 0. The van der Waals surface area contributed by atoms with Crippen molar-refractivity contribution in [1.82, 2.24) is 15.5 Å². The number of carbonyl (C=O) groups is 3. The summed E-state index contributed by atoms with van der Waals surface area (Å²) in [6.45, 7) is 8.00. The molecule has 1 saturated carbocycles. The summed E-state index contributed by atoms with van der Waals surface area (Å²) in [5.74, 6) is 0.00658. The molecule has 4 amide bonds. The van der Waals surface area contributed by atoms with Crippen LogP contribution in [0.4, 0.5) is 10.5 Å². The first-order valence-corrected chi connectivity index (χ1v) is 10.6. The molecular weight excluding hydrogens is 368 g/mol. The van der Waals surface area contributed by atoms with Crippen LogP contribution in [0.25, 0.3) is 0 Å². The number of urea groups is 1. The smallest absolute Gasteiger partial charge is 0.325 e. The number of amides is 4. The highest BCUT2D eigenvalue weighted by Gasteiger charge is 2.52. The van der Waals surface area contributed by atoms with Gasteiger partial charge in [-0.2, -0.15) is 0 Å². The first-order chi connectivity index (χ1) is 13.8. The van der Waals surface area contributed by atoms with Crippen LogP contribution < -0.4 is 15.5 Å². The number of likely N-dealkylation sites (N-methyl/N-ethyl adjacent to an activating group) is 1. The molecule has 1 saturated heterocycles. The molecule has 1 aromatic rings. The molecule has 1 spiro atoms. The lowest BCUT2D eigenvalue weighted by atomic mass is 9.77. The standard InChI is InChI=1S/C22H32N4O3/c1-4-25(18-7-5-6-17(3)14-18)13-12-23-19(27)15-26-20(28)22(24-21(26)29)10-8-16(2)9-11-22/h5-7,14,16H,4,8-13,15H2,1-3H3,(H,23,27)(H,24,29). The zero-order valence-electron chi connectivity index (χ0n) is 17.7. The van der Waals surface area contributed by atoms with Crippen molar-refractivity contribution in [3.63, 3.8) is 0 Å². The molecule has 1 aliphatic carbocycles. The second kappa shape index (κ2) is 8.84. The van der Waals surface area contributed by atoms with E-state index in [9.17, 15) is 14.4 Å². The average Bonchev–Trinajstić information content (AvgIpc) is 2.92. The van der Waals surface area contributed by atoms with Crippen LogP contribution in [-0.4, -0.2) is 54.5 Å². The molecule has 3 rings (SSSR count). The van der Waals surface area contributed by atoms with Crippen LogP contribution in [0.3, 0.4) is 0 Å². The quantitative estimate of drug-likeness (QED) is 0.689. The minimum atomic E-state index is -0.798. The molecule has 2 N–H and O–H groups in total. The fraction of sp³-hybridized carbons (Fsp3) is 0.591. The molecule has 7 nitrogen and oxygen atoms in total. The Balaban J connectivity index is 1.50. The molecule has 1 aliphatic heterocycles. The summed E-state index contributed by atoms with van der Waals surface area (Å²) in [5.41, 5.74) is 1.51. The number of aryl methyl sites for hydroxylation is 1. The number of hydrogen-bond donors (Lipinski definition) is 2. The van der Waals surface area contributed by atoms with Gasteiger partial charge in [-0.1, -0.05) is 19.1 Å². The van der Waals surface area contributed by atoms with Crippen molar-refractivity contribution < 1.29 is 14.4 Å². The molecule has 0 unspecified atom stereocenters. The van der Waals surface area contributed by atoms with Crippen LogP contribution in [0.2, 0.25) is 0 Å². The minimum Gasteiger partial charge on any atom is -0.370 e. The Morgan fingerprint density at radius 3 is 2.69 bits per heavy atom. The number of nitrogens with zero attached hydrogens (tertiary/aromatic N) is 2. The Bertz CT molecular complexity index is 771. The Hall–Kier alpha value is -2.57. The molecule has 0 aromatic heterocycles. The monoisotopic (exact) mass is 400 g/mol. The molecule has 2 aliphatic rings. The van der Waals surface area contributed by atoms with Gasteiger partial charge in [-0.05, 0) is 63.1 Å². The van der Waals surface area contributed by atoms with Crippen molar-refractivity contribution in [3.05, 3.63) is 29.8 Å². The molecule has 1 heterocycles. The van der Waals surface area contributed by atoms with Crippen molar-refractivity contribution in [2.75, 3.05) is 31.1 Å². The van der Waals surface area contributed by atoms with Crippen LogP contribution in [0.1, 0.15) is 45.1 Å². The molecule has 2 fully saturated rings. The van der Waals surface area contributed by atoms with E-state index < -0.39 is 11.6 Å². The van der Waals surface area contributed by atoms with Crippen molar-refractivity contribution in [3.8, 4) is 0 Å². The van der Waals surface area contributed by atoms with Crippen LogP contribution in [0, 0.1) is 12.8 Å². The van der Waals surface area contributed by atoms with Gasteiger partial charge in [0.05, 0.1) is 0 Å². The number of hydrogen-bond acceptors (Lipinski definition) is 4. The van der Waals surface area contributed by atoms with Crippen molar-refractivity contribution in [2.24, 2.45) is 5.92 Å². The normalized spacial score (nSPS) is 24.0. The van der Waals surface area contributed by atoms with Crippen LogP contribution in [0.15, 0.2) is 24.3 Å². The first-order valence-electron chi connectivity index (χ1n) is 10.6. The Labute approximate surface area is 172 Å². The van der Waals surface area contributed by atoms with E-state index in [0.717, 1.165) is 30.0 Å². The fourth-order valence-electron chi connectivity index (χ4n) is 4.24. The minimum absolute atomic E-state index is 0.224. The van der Waals surface area contributed by atoms with Crippen LogP contribution >= 0.6 is 0 Å². The predicted molar refractivity (Wildman–Crippen MR) is 113 cm³/mol. The summed E-state index contributed by atoms with van der Waals surface area (Å²) in [6.07, 6.45) is 3.13. The van der Waals surface area contributed by atoms with Gasteiger partial charge in [-0.15, -0.1) is 0 Å². The van der Waals surface area contributed by atoms with Gasteiger partial charge in [0.1, 0.15) is 12.1 Å². The van der Waals surface area contributed by atoms with Crippen molar-refractivity contribution in [2.45, 2.75) is 52.0 Å². The molecule has 0 bridgehead atoms. The third-order valence-corrected chi connectivity index (χ3v) is 6.13. The van der Waals surface area contributed by atoms with Gasteiger partial charge in [0.25, 0.3) is 5.91 Å². The fourth-order valence-corrected chi connectivity index (χ4v) is 4.24. The number of nitrogens with one attached hydrogen (secondary N) is 2. The van der Waals surface area contributed by atoms with E-state index in [0.29, 0.717) is 31.8 Å². The maximum absolute atomic E-state index is 12.8. The van der Waals surface area contributed by atoms with E-state index in [4.69, 9.17) is 0 Å². The van der Waals surface area contributed by atoms with Crippen LogP contribution in [0.5, 0.6) is 0 Å². The van der Waals surface area contributed by atoms with Crippen molar-refractivity contribution in [1.29, 1.82) is 0 Å². The van der Waals surface area contributed by atoms with Gasteiger partial charge >= 0.3 is 6.03 Å². The van der Waals surface area contributed by atoms with Gasteiger partial charge in [0.15, 0.2) is 0 Å². The van der Waals surface area contributed by atoms with E-state index in [1.54, 1.807) is 0 Å². The maximum Gasteiger partial charge on any atom is 0.325 e. The predicted octanol–water partition coefficient (Wildman–Crippen LogP) is 2.44. The number of anilines is 1. The highest BCUT2D eigenvalue weighted by Crippen LogP contribution is 2.36. The zero-order chi connectivity index (χ0) is 21.0. The molecule has 158 valence electrons. The molecule has 7 heteroatoms. The van der Waals surface area contributed by atoms with E-state index in [1.165, 1.54) is 5.56 Å². The second-order valence-electron chi connectivity index (χ2n) is 8.35. The molecule has 29 heavy (non-hydrogen) atoms. The van der Waals surface area contributed by atoms with Crippen LogP contribution in [-0.2, 0) is 9.59 Å². The number of rotatable bonds is 7. The number of carbonyl (C=O) groups excluding carboxylic acids is 3. The van der Waals surface area contributed by atoms with Gasteiger partial charge in [-0.25, -0.2) is 4.79 Å². The van der Waals surface area contributed by atoms with Gasteiger partial charge in [0.2, 0.25) is 5.91 Å². The van der Waals surface area contributed by atoms with E-state index in [-0.39, 0.29) is 18.4 Å². The van der Waals surface area contributed by atoms with Crippen molar-refractivity contribution >= 4 is 23.5 Å². The summed E-state index contributed by atoms with van der Waals surface area (Å²) in [4.78, 5) is 40.8. The summed E-state index contributed by atoms with van der Waals surface area (Å²) in [7, 11) is 0. The van der Waals surface area contributed by atoms with E-state index in [2.05, 4.69) is 54.5 Å². The summed E-state index contributed by atoms with van der Waals surface area (Å²) in [5, 5.41) is 5.70. The third-order valence-electron chi connectivity index (χ3n) is 6.13. The Morgan fingerprint density at radius 1 is 1.31 bits per heavy atom. The molecule has 0 radical (unpaired) electrons. The van der Waals surface area contributed by atoms with Gasteiger partial charge < -0.3 is 15.5 Å². The van der Waals surface area contributed by atoms with E-state index in [1.807, 2.05) is 6.07 Å². The topological polar surface area (TPSA) is 81.8 Å². The molecule has 1 aromatic carbocycles. The SMILES string of the molecule is CCN(CCNC(=O)CN1C(=O)NC2(CCC(C)CC2)C1=O)c1cccc(C)c1. The van der Waals surface area contributed by atoms with Gasteiger partial charge in [0, 0.05) is 25.3 Å². The highest BCUT2D eigenvalue weighted by molar-refractivity contribution is 6.09. The largest absolute Gasteiger partial charge is 0.370 e. The second-order valence-corrected chi connectivity index (χ2v) is 8.35. The Kier molecular flexibility index (Phi) is 6.45. The lowest BCUT2D eigenvalue weighted by molar-refractivity contribution is -0.136. The Morgan fingerprint density at radius 2 is 2.03 bits per heavy atom.